The Balaban J connectivity index is 1.80. The summed E-state index contributed by atoms with van der Waals surface area (Å²) in [5.74, 6) is 1.13. The highest BCUT2D eigenvalue weighted by Gasteiger charge is 2.48. The lowest BCUT2D eigenvalue weighted by Gasteiger charge is -2.44. The van der Waals surface area contributed by atoms with Crippen LogP contribution in [0.4, 0.5) is 4.79 Å². The molecule has 0 saturated carbocycles. The van der Waals surface area contributed by atoms with E-state index in [1.54, 1.807) is 19.0 Å². The molecule has 2 atom stereocenters. The third-order valence-electron chi connectivity index (χ3n) is 4.57. The van der Waals surface area contributed by atoms with Gasteiger partial charge in [0, 0.05) is 39.6 Å². The molecule has 1 aromatic heterocycles. The summed E-state index contributed by atoms with van der Waals surface area (Å²) < 4.78 is 29.9. The molecule has 0 bridgehead atoms. The number of urea groups is 1. The molecule has 3 heterocycles. The maximum absolute atomic E-state index is 12.4. The van der Waals surface area contributed by atoms with Gasteiger partial charge < -0.3 is 14.2 Å². The van der Waals surface area contributed by atoms with E-state index in [0.717, 1.165) is 0 Å². The second-order valence-electron chi connectivity index (χ2n) is 6.50. The molecule has 1 aromatic rings. The van der Waals surface area contributed by atoms with E-state index in [1.807, 2.05) is 11.8 Å². The molecule has 3 rings (SSSR count). The van der Waals surface area contributed by atoms with Gasteiger partial charge >= 0.3 is 6.03 Å². The van der Waals surface area contributed by atoms with Crippen molar-refractivity contribution in [3.8, 4) is 0 Å². The molecule has 0 N–H and O–H groups in total. The number of fused-ring (bicyclic) bond motifs is 1. The molecule has 0 spiro atoms. The first-order valence-electron chi connectivity index (χ1n) is 8.04. The van der Waals surface area contributed by atoms with Gasteiger partial charge in [-0.05, 0) is 0 Å². The Hall–Kier alpha value is -1.68. The number of sulfone groups is 1. The zero-order chi connectivity index (χ0) is 17.5. The van der Waals surface area contributed by atoms with Crippen LogP contribution < -0.4 is 0 Å². The molecular formula is C14H23N5O4S. The van der Waals surface area contributed by atoms with Crippen LogP contribution in [0.5, 0.6) is 0 Å². The average molecular weight is 357 g/mol. The summed E-state index contributed by atoms with van der Waals surface area (Å²) in [4.78, 5) is 17.6. The monoisotopic (exact) mass is 357 g/mol. The number of piperazine rings is 1. The van der Waals surface area contributed by atoms with Crippen LogP contribution in [-0.2, 0) is 22.8 Å². The lowest BCUT2D eigenvalue weighted by Crippen LogP contribution is -2.61. The van der Waals surface area contributed by atoms with Crippen LogP contribution in [0.25, 0.3) is 0 Å². The number of hydrogen-bond acceptors (Lipinski definition) is 7. The molecule has 134 valence electrons. The van der Waals surface area contributed by atoms with Crippen molar-refractivity contribution in [2.45, 2.75) is 32.0 Å². The SMILES string of the molecule is CCc1nnc(CN2CCN(C(=O)N(C)C)[C@@H]3CS(=O)(=O)C[C@@H]32)o1. The predicted molar refractivity (Wildman–Crippen MR) is 86.1 cm³/mol. The first-order chi connectivity index (χ1) is 11.3. The number of rotatable bonds is 3. The van der Waals surface area contributed by atoms with Gasteiger partial charge in [-0.3, -0.25) is 4.90 Å². The summed E-state index contributed by atoms with van der Waals surface area (Å²) in [5.41, 5.74) is 0. The lowest BCUT2D eigenvalue weighted by atomic mass is 10.1. The molecule has 2 fully saturated rings. The van der Waals surface area contributed by atoms with Gasteiger partial charge in [-0.1, -0.05) is 6.92 Å². The second kappa shape index (κ2) is 6.32. The van der Waals surface area contributed by atoms with E-state index in [2.05, 4.69) is 10.2 Å². The van der Waals surface area contributed by atoms with Crippen molar-refractivity contribution < 1.29 is 17.6 Å². The quantitative estimate of drug-likeness (QED) is 0.725. The summed E-state index contributed by atoms with van der Waals surface area (Å²) in [6, 6.07) is -0.704. The van der Waals surface area contributed by atoms with Crippen LogP contribution in [0.3, 0.4) is 0 Å². The van der Waals surface area contributed by atoms with E-state index >= 15 is 0 Å². The maximum atomic E-state index is 12.4. The fourth-order valence-electron chi connectivity index (χ4n) is 3.38. The second-order valence-corrected chi connectivity index (χ2v) is 8.65. The van der Waals surface area contributed by atoms with Gasteiger partial charge in [-0.15, -0.1) is 10.2 Å². The Kier molecular flexibility index (Phi) is 4.52. The molecule has 0 radical (unpaired) electrons. The highest BCUT2D eigenvalue weighted by molar-refractivity contribution is 7.91. The minimum absolute atomic E-state index is 0.0117. The van der Waals surface area contributed by atoms with Crippen molar-refractivity contribution in [1.82, 2.24) is 24.9 Å². The van der Waals surface area contributed by atoms with Crippen LogP contribution in [-0.4, -0.2) is 90.1 Å². The van der Waals surface area contributed by atoms with Gasteiger partial charge in [-0.25, -0.2) is 13.2 Å². The van der Waals surface area contributed by atoms with E-state index in [0.29, 0.717) is 37.8 Å². The van der Waals surface area contributed by atoms with Crippen molar-refractivity contribution in [1.29, 1.82) is 0 Å². The van der Waals surface area contributed by atoms with Gasteiger partial charge in [-0.2, -0.15) is 0 Å². The summed E-state index contributed by atoms with van der Waals surface area (Å²) in [5, 5.41) is 7.97. The molecule has 24 heavy (non-hydrogen) atoms. The summed E-state index contributed by atoms with van der Waals surface area (Å²) in [6.07, 6.45) is 0.665. The summed E-state index contributed by atoms with van der Waals surface area (Å²) in [6.45, 7) is 3.42. The summed E-state index contributed by atoms with van der Waals surface area (Å²) >= 11 is 0. The number of hydrogen-bond donors (Lipinski definition) is 0. The maximum Gasteiger partial charge on any atom is 0.319 e. The first-order valence-corrected chi connectivity index (χ1v) is 9.86. The number of amides is 2. The Bertz CT molecular complexity index is 717. The van der Waals surface area contributed by atoms with Crippen molar-refractivity contribution in [2.24, 2.45) is 0 Å². The Morgan fingerprint density at radius 2 is 1.88 bits per heavy atom. The predicted octanol–water partition coefficient (Wildman–Crippen LogP) is -0.403. The van der Waals surface area contributed by atoms with E-state index in [-0.39, 0.29) is 29.6 Å². The van der Waals surface area contributed by atoms with Gasteiger partial charge in [0.1, 0.15) is 0 Å². The van der Waals surface area contributed by atoms with Crippen LogP contribution >= 0.6 is 0 Å². The topological polar surface area (TPSA) is 99.9 Å². The zero-order valence-corrected chi connectivity index (χ0v) is 15.0. The van der Waals surface area contributed by atoms with Crippen LogP contribution in [0, 0.1) is 0 Å². The molecule has 0 unspecified atom stereocenters. The number of carbonyl (C=O) groups excluding carboxylic acids is 1. The largest absolute Gasteiger partial charge is 0.424 e. The molecule has 9 nitrogen and oxygen atoms in total. The lowest BCUT2D eigenvalue weighted by molar-refractivity contribution is 0.0470. The molecule has 2 aliphatic heterocycles. The molecule has 2 aliphatic rings. The highest BCUT2D eigenvalue weighted by Crippen LogP contribution is 2.28. The van der Waals surface area contributed by atoms with Gasteiger partial charge in [0.05, 0.1) is 24.1 Å². The number of nitrogens with zero attached hydrogens (tertiary/aromatic N) is 5. The molecule has 2 amide bonds. The molecular weight excluding hydrogens is 334 g/mol. The molecule has 0 aromatic carbocycles. The fraction of sp³-hybridized carbons (Fsp3) is 0.786. The first kappa shape index (κ1) is 17.2. The molecule has 10 heteroatoms. The average Bonchev–Trinajstić information content (AvgIpc) is 3.09. The standard InChI is InChI=1S/C14H23N5O4S/c1-4-12-15-16-13(23-12)7-18-5-6-19(14(20)17(2)3)11-9-24(21,22)8-10(11)18/h10-11H,4-9H2,1-3H3/t10-,11+/m0/s1. The van der Waals surface area contributed by atoms with Crippen LogP contribution in [0.15, 0.2) is 4.42 Å². The molecule has 2 saturated heterocycles. The van der Waals surface area contributed by atoms with Gasteiger partial charge in [0.2, 0.25) is 11.8 Å². The van der Waals surface area contributed by atoms with Gasteiger partial charge in [0.15, 0.2) is 9.84 Å². The number of carbonyl (C=O) groups is 1. The zero-order valence-electron chi connectivity index (χ0n) is 14.2. The van der Waals surface area contributed by atoms with E-state index in [1.165, 1.54) is 4.90 Å². The van der Waals surface area contributed by atoms with Crippen molar-refractivity contribution >= 4 is 15.9 Å². The fourth-order valence-corrected chi connectivity index (χ4v) is 5.40. The van der Waals surface area contributed by atoms with Crippen molar-refractivity contribution in [3.63, 3.8) is 0 Å². The van der Waals surface area contributed by atoms with Gasteiger partial charge in [0.25, 0.3) is 0 Å². The Morgan fingerprint density at radius 1 is 1.21 bits per heavy atom. The van der Waals surface area contributed by atoms with E-state index < -0.39 is 9.84 Å². The third kappa shape index (κ3) is 3.25. The summed E-state index contributed by atoms with van der Waals surface area (Å²) in [7, 11) is 0.191. The third-order valence-corrected chi connectivity index (χ3v) is 6.27. The highest BCUT2D eigenvalue weighted by atomic mass is 32.2. The minimum Gasteiger partial charge on any atom is -0.424 e. The van der Waals surface area contributed by atoms with Crippen molar-refractivity contribution in [3.05, 3.63) is 11.8 Å². The van der Waals surface area contributed by atoms with Crippen LogP contribution in [0.2, 0.25) is 0 Å². The number of aromatic nitrogens is 2. The Labute approximate surface area is 141 Å². The minimum atomic E-state index is -3.17. The van der Waals surface area contributed by atoms with Crippen LogP contribution in [0.1, 0.15) is 18.7 Å². The normalized spacial score (nSPS) is 26.4. The van der Waals surface area contributed by atoms with E-state index in [9.17, 15) is 13.2 Å². The van der Waals surface area contributed by atoms with E-state index in [4.69, 9.17) is 4.42 Å². The smallest absolute Gasteiger partial charge is 0.319 e. The van der Waals surface area contributed by atoms with Crippen molar-refractivity contribution in [2.75, 3.05) is 38.7 Å². The number of aryl methyl sites for hydroxylation is 1. The Morgan fingerprint density at radius 3 is 2.50 bits per heavy atom. The molecule has 0 aliphatic carbocycles.